The number of hydrogen-bond donors (Lipinski definition) is 0. The standard InChI is InChI=1S/C15H11FN2O/c16-12-6-4-11(5-7-12)8-15-17-9-13-2-1-3-14(10-19)18(13)15/h1-7,9-10H,8H2. The summed E-state index contributed by atoms with van der Waals surface area (Å²) in [5.74, 6) is 0.509. The number of benzene rings is 1. The molecule has 0 radical (unpaired) electrons. The van der Waals surface area contributed by atoms with E-state index < -0.39 is 0 Å². The first kappa shape index (κ1) is 11.6. The lowest BCUT2D eigenvalue weighted by Crippen LogP contribution is -2.01. The molecule has 0 amide bonds. The molecular weight excluding hydrogens is 243 g/mol. The fourth-order valence-corrected chi connectivity index (χ4v) is 2.14. The van der Waals surface area contributed by atoms with E-state index in [2.05, 4.69) is 4.98 Å². The number of carbonyl (C=O) groups is 1. The normalized spacial score (nSPS) is 10.8. The highest BCUT2D eigenvalue weighted by Crippen LogP contribution is 2.14. The molecule has 0 spiro atoms. The molecule has 0 unspecified atom stereocenters. The predicted octanol–water partition coefficient (Wildman–Crippen LogP) is 2.88. The topological polar surface area (TPSA) is 34.4 Å². The van der Waals surface area contributed by atoms with Crippen LogP contribution >= 0.6 is 0 Å². The van der Waals surface area contributed by atoms with Crippen LogP contribution in [0.1, 0.15) is 21.9 Å². The van der Waals surface area contributed by atoms with E-state index in [0.717, 1.165) is 23.2 Å². The maximum absolute atomic E-state index is 12.9. The Labute approximate surface area is 109 Å². The predicted molar refractivity (Wildman–Crippen MR) is 69.8 cm³/mol. The minimum absolute atomic E-state index is 0.259. The number of aldehydes is 1. The highest BCUT2D eigenvalue weighted by Gasteiger charge is 2.08. The Morgan fingerprint density at radius 1 is 1.16 bits per heavy atom. The number of halogens is 1. The van der Waals surface area contributed by atoms with E-state index >= 15 is 0 Å². The molecule has 0 aliphatic rings. The molecule has 0 aliphatic heterocycles. The first-order valence-corrected chi connectivity index (χ1v) is 5.93. The third-order valence-electron chi connectivity index (χ3n) is 3.05. The monoisotopic (exact) mass is 254 g/mol. The summed E-state index contributed by atoms with van der Waals surface area (Å²) in [5.41, 5.74) is 2.39. The van der Waals surface area contributed by atoms with Crippen molar-refractivity contribution in [3.05, 3.63) is 71.6 Å². The van der Waals surface area contributed by atoms with Crippen molar-refractivity contribution in [3.63, 3.8) is 0 Å². The van der Waals surface area contributed by atoms with Crippen molar-refractivity contribution in [2.45, 2.75) is 6.42 Å². The minimum atomic E-state index is -0.259. The van der Waals surface area contributed by atoms with Crippen LogP contribution in [-0.2, 0) is 6.42 Å². The molecule has 0 bridgehead atoms. The largest absolute Gasteiger partial charge is 0.296 e. The second-order valence-corrected chi connectivity index (χ2v) is 4.31. The Morgan fingerprint density at radius 2 is 1.95 bits per heavy atom. The Kier molecular flexibility index (Phi) is 2.83. The van der Waals surface area contributed by atoms with E-state index in [1.165, 1.54) is 12.1 Å². The lowest BCUT2D eigenvalue weighted by atomic mass is 10.1. The van der Waals surface area contributed by atoms with Crippen LogP contribution in [0.2, 0.25) is 0 Å². The number of hydrogen-bond acceptors (Lipinski definition) is 2. The number of rotatable bonds is 3. The summed E-state index contributed by atoms with van der Waals surface area (Å²) >= 11 is 0. The Bertz CT molecular complexity index is 731. The number of carbonyl (C=O) groups excluding carboxylic acids is 1. The lowest BCUT2D eigenvalue weighted by molar-refractivity contribution is 0.111. The van der Waals surface area contributed by atoms with Crippen LogP contribution in [0.3, 0.4) is 0 Å². The summed E-state index contributed by atoms with van der Waals surface area (Å²) in [5, 5.41) is 0. The molecule has 2 aromatic heterocycles. The lowest BCUT2D eigenvalue weighted by Gasteiger charge is -2.04. The number of pyridine rings is 1. The van der Waals surface area contributed by atoms with Crippen molar-refractivity contribution in [2.24, 2.45) is 0 Å². The van der Waals surface area contributed by atoms with Crippen molar-refractivity contribution < 1.29 is 9.18 Å². The maximum Gasteiger partial charge on any atom is 0.166 e. The minimum Gasteiger partial charge on any atom is -0.296 e. The van der Waals surface area contributed by atoms with Gasteiger partial charge in [0.2, 0.25) is 0 Å². The Morgan fingerprint density at radius 3 is 2.68 bits per heavy atom. The zero-order valence-corrected chi connectivity index (χ0v) is 10.1. The second kappa shape index (κ2) is 4.65. The van der Waals surface area contributed by atoms with Gasteiger partial charge in [0.05, 0.1) is 17.4 Å². The molecule has 1 aromatic carbocycles. The van der Waals surface area contributed by atoms with Gasteiger partial charge >= 0.3 is 0 Å². The van der Waals surface area contributed by atoms with E-state index in [1.54, 1.807) is 24.4 Å². The molecule has 0 aliphatic carbocycles. The van der Waals surface area contributed by atoms with E-state index in [4.69, 9.17) is 0 Å². The number of imidazole rings is 1. The quantitative estimate of drug-likeness (QED) is 0.673. The van der Waals surface area contributed by atoms with Crippen LogP contribution in [0.15, 0.2) is 48.7 Å². The first-order valence-electron chi connectivity index (χ1n) is 5.93. The van der Waals surface area contributed by atoms with Gasteiger partial charge in [0.1, 0.15) is 11.6 Å². The molecule has 0 N–H and O–H groups in total. The van der Waals surface area contributed by atoms with Crippen molar-refractivity contribution in [2.75, 3.05) is 0 Å². The zero-order valence-electron chi connectivity index (χ0n) is 10.1. The average Bonchev–Trinajstić information content (AvgIpc) is 2.85. The van der Waals surface area contributed by atoms with Crippen LogP contribution in [-0.4, -0.2) is 15.7 Å². The molecule has 2 heterocycles. The zero-order chi connectivity index (χ0) is 13.2. The SMILES string of the molecule is O=Cc1cccc2cnc(Cc3ccc(F)cc3)n12. The van der Waals surface area contributed by atoms with Crippen LogP contribution < -0.4 is 0 Å². The summed E-state index contributed by atoms with van der Waals surface area (Å²) in [7, 11) is 0. The van der Waals surface area contributed by atoms with Crippen molar-refractivity contribution >= 4 is 11.8 Å². The fourth-order valence-electron chi connectivity index (χ4n) is 2.14. The number of nitrogens with zero attached hydrogens (tertiary/aromatic N) is 2. The van der Waals surface area contributed by atoms with Crippen molar-refractivity contribution in [1.82, 2.24) is 9.38 Å². The summed E-state index contributed by atoms with van der Waals surface area (Å²) in [6, 6.07) is 11.8. The molecule has 0 fully saturated rings. The van der Waals surface area contributed by atoms with Gasteiger partial charge in [-0.2, -0.15) is 0 Å². The summed E-state index contributed by atoms with van der Waals surface area (Å²) in [6.45, 7) is 0. The second-order valence-electron chi connectivity index (χ2n) is 4.31. The fraction of sp³-hybridized carbons (Fsp3) is 0.0667. The van der Waals surface area contributed by atoms with Gasteiger partial charge in [-0.15, -0.1) is 0 Å². The van der Waals surface area contributed by atoms with Crippen LogP contribution in [0.25, 0.3) is 5.52 Å². The third-order valence-corrected chi connectivity index (χ3v) is 3.05. The van der Waals surface area contributed by atoms with Gasteiger partial charge in [-0.05, 0) is 29.8 Å². The number of aromatic nitrogens is 2. The summed E-state index contributed by atoms with van der Waals surface area (Å²) in [6.07, 6.45) is 3.09. The smallest absolute Gasteiger partial charge is 0.166 e. The van der Waals surface area contributed by atoms with Crippen molar-refractivity contribution in [1.29, 1.82) is 0 Å². The molecule has 0 saturated carbocycles. The molecule has 19 heavy (non-hydrogen) atoms. The van der Waals surface area contributed by atoms with Gasteiger partial charge in [0.25, 0.3) is 0 Å². The number of fused-ring (bicyclic) bond motifs is 1. The molecule has 3 nitrogen and oxygen atoms in total. The molecular formula is C15H11FN2O. The molecule has 94 valence electrons. The van der Waals surface area contributed by atoms with Gasteiger partial charge in [-0.3, -0.25) is 9.20 Å². The van der Waals surface area contributed by atoms with E-state index in [9.17, 15) is 9.18 Å². The van der Waals surface area contributed by atoms with Gasteiger partial charge in [-0.25, -0.2) is 9.37 Å². The van der Waals surface area contributed by atoms with Crippen molar-refractivity contribution in [3.8, 4) is 0 Å². The molecule has 3 aromatic rings. The third kappa shape index (κ3) is 2.12. The average molecular weight is 254 g/mol. The molecule has 0 saturated heterocycles. The highest BCUT2D eigenvalue weighted by molar-refractivity contribution is 5.74. The summed E-state index contributed by atoms with van der Waals surface area (Å²) in [4.78, 5) is 15.4. The van der Waals surface area contributed by atoms with Gasteiger partial charge in [0.15, 0.2) is 6.29 Å². The highest BCUT2D eigenvalue weighted by atomic mass is 19.1. The van der Waals surface area contributed by atoms with E-state index in [-0.39, 0.29) is 5.82 Å². The van der Waals surface area contributed by atoms with Gasteiger partial charge < -0.3 is 0 Å². The van der Waals surface area contributed by atoms with Crippen LogP contribution in [0.5, 0.6) is 0 Å². The van der Waals surface area contributed by atoms with Crippen LogP contribution in [0.4, 0.5) is 4.39 Å². The molecule has 0 atom stereocenters. The maximum atomic E-state index is 12.9. The van der Waals surface area contributed by atoms with Crippen LogP contribution in [0, 0.1) is 5.82 Å². The van der Waals surface area contributed by atoms with Gasteiger partial charge in [0, 0.05) is 6.42 Å². The molecule has 4 heteroatoms. The first-order chi connectivity index (χ1) is 9.28. The van der Waals surface area contributed by atoms with E-state index in [0.29, 0.717) is 12.1 Å². The Hall–Kier alpha value is -2.49. The summed E-state index contributed by atoms with van der Waals surface area (Å²) < 4.78 is 14.7. The Balaban J connectivity index is 2.05. The van der Waals surface area contributed by atoms with E-state index in [1.807, 2.05) is 16.5 Å². The molecule has 3 rings (SSSR count). The van der Waals surface area contributed by atoms with Gasteiger partial charge in [-0.1, -0.05) is 18.2 Å².